The highest BCUT2D eigenvalue weighted by Crippen LogP contribution is 2.19. The topological polar surface area (TPSA) is 94.9 Å². The highest BCUT2D eigenvalue weighted by Gasteiger charge is 2.28. The molecule has 1 fully saturated rings. The minimum atomic E-state index is -0.508. The largest absolute Gasteiger partial charge is 0.444 e. The molecule has 0 spiro atoms. The zero-order valence-corrected chi connectivity index (χ0v) is 17.4. The number of hydrogen-bond acceptors (Lipinski definition) is 7. The molecule has 0 bridgehead atoms. The summed E-state index contributed by atoms with van der Waals surface area (Å²) in [5.74, 6) is -0.145. The van der Waals surface area contributed by atoms with E-state index in [0.717, 1.165) is 0 Å². The third-order valence-corrected chi connectivity index (χ3v) is 4.63. The zero-order chi connectivity index (χ0) is 21.7. The molecule has 1 aromatic rings. The number of hydrazine groups is 1. The van der Waals surface area contributed by atoms with E-state index in [2.05, 4.69) is 5.43 Å². The van der Waals surface area contributed by atoms with Gasteiger partial charge in [0.05, 0.1) is 23.9 Å². The van der Waals surface area contributed by atoms with Crippen molar-refractivity contribution in [1.29, 1.82) is 5.26 Å². The number of hydrogen-bond donors (Lipinski definition) is 1. The van der Waals surface area contributed by atoms with Crippen LogP contribution in [-0.4, -0.2) is 46.7 Å². The van der Waals surface area contributed by atoms with E-state index in [0.29, 0.717) is 42.6 Å². The van der Waals surface area contributed by atoms with E-state index >= 15 is 0 Å². The fourth-order valence-corrected chi connectivity index (χ4v) is 3.07. The summed E-state index contributed by atoms with van der Waals surface area (Å²) in [6, 6.07) is 8.54. The van der Waals surface area contributed by atoms with Gasteiger partial charge in [-0.05, 0) is 64.0 Å². The summed E-state index contributed by atoms with van der Waals surface area (Å²) < 4.78 is 5.40. The molecule has 8 nitrogen and oxygen atoms in total. The van der Waals surface area contributed by atoms with E-state index in [1.54, 1.807) is 47.6 Å². The van der Waals surface area contributed by atoms with Gasteiger partial charge in [0, 0.05) is 30.4 Å². The fourth-order valence-electron chi connectivity index (χ4n) is 3.07. The number of carbonyl (C=O) groups is 2. The van der Waals surface area contributed by atoms with Crippen LogP contribution in [-0.2, 0) is 9.57 Å². The first-order valence-corrected chi connectivity index (χ1v) is 9.88. The zero-order valence-electron chi connectivity index (χ0n) is 17.4. The molecular formula is C22H26N4O4. The molecule has 3 rings (SSSR count). The Balaban J connectivity index is 1.46. The summed E-state index contributed by atoms with van der Waals surface area (Å²) in [5.41, 5.74) is 3.94. The molecule has 0 unspecified atom stereocenters. The van der Waals surface area contributed by atoms with Crippen molar-refractivity contribution >= 4 is 11.9 Å². The maximum atomic E-state index is 12.5. The van der Waals surface area contributed by atoms with Crippen LogP contribution in [0.5, 0.6) is 0 Å². The number of hydroxylamine groups is 1. The van der Waals surface area contributed by atoms with Gasteiger partial charge in [-0.25, -0.2) is 4.79 Å². The van der Waals surface area contributed by atoms with Crippen LogP contribution in [0.3, 0.4) is 0 Å². The lowest BCUT2D eigenvalue weighted by molar-refractivity contribution is -0.198. The number of amides is 1. The Labute approximate surface area is 176 Å². The van der Waals surface area contributed by atoms with E-state index in [-0.39, 0.29) is 18.0 Å². The number of rotatable bonds is 4. The lowest BCUT2D eigenvalue weighted by Gasteiger charge is -2.35. The van der Waals surface area contributed by atoms with Crippen molar-refractivity contribution in [1.82, 2.24) is 15.5 Å². The Morgan fingerprint density at radius 2 is 1.83 bits per heavy atom. The molecular weight excluding hydrogens is 384 g/mol. The van der Waals surface area contributed by atoms with Crippen molar-refractivity contribution in [3.63, 3.8) is 0 Å². The number of benzene rings is 1. The van der Waals surface area contributed by atoms with E-state index in [4.69, 9.17) is 14.8 Å². The fraction of sp³-hybridized carbons (Fsp3) is 0.409. The average molecular weight is 410 g/mol. The van der Waals surface area contributed by atoms with Gasteiger partial charge in [0.1, 0.15) is 5.60 Å². The lowest BCUT2D eigenvalue weighted by Crippen LogP contribution is -2.45. The van der Waals surface area contributed by atoms with Crippen molar-refractivity contribution < 1.29 is 19.2 Å². The molecule has 8 heteroatoms. The molecule has 0 saturated carbocycles. The maximum Gasteiger partial charge on any atom is 0.410 e. The van der Waals surface area contributed by atoms with Crippen LogP contribution in [0.15, 0.2) is 48.3 Å². The molecule has 0 radical (unpaired) electrons. The van der Waals surface area contributed by atoms with Gasteiger partial charge in [0.2, 0.25) is 0 Å². The van der Waals surface area contributed by atoms with Crippen LogP contribution >= 0.6 is 0 Å². The molecule has 2 aliphatic heterocycles. The van der Waals surface area contributed by atoms with Crippen LogP contribution in [0.2, 0.25) is 0 Å². The first-order valence-electron chi connectivity index (χ1n) is 9.88. The third kappa shape index (κ3) is 5.61. The van der Waals surface area contributed by atoms with Gasteiger partial charge in [0.15, 0.2) is 5.78 Å². The van der Waals surface area contributed by atoms with Crippen molar-refractivity contribution in [2.24, 2.45) is 0 Å². The molecule has 1 aromatic carbocycles. The van der Waals surface area contributed by atoms with Gasteiger partial charge in [-0.3, -0.25) is 15.1 Å². The minimum Gasteiger partial charge on any atom is -0.444 e. The normalized spacial score (nSPS) is 17.1. The molecule has 2 aliphatic rings. The Morgan fingerprint density at radius 1 is 1.17 bits per heavy atom. The van der Waals surface area contributed by atoms with Crippen molar-refractivity contribution in [3.05, 3.63) is 59.4 Å². The molecule has 1 amide bonds. The standard InChI is InChI=1S/C22H26N4O4/c1-22(2,3)29-21(28)25-11-9-19(10-12-25)30-26-13-8-18(15-24-26)20(27)17-6-4-16(14-23)5-7-17/h4-8,13,15,19,24H,9-12H2,1-3H3. The summed E-state index contributed by atoms with van der Waals surface area (Å²) >= 11 is 0. The highest BCUT2D eigenvalue weighted by molar-refractivity contribution is 6.10. The van der Waals surface area contributed by atoms with Gasteiger partial charge in [-0.2, -0.15) is 10.4 Å². The predicted octanol–water partition coefficient (Wildman–Crippen LogP) is 3.29. The van der Waals surface area contributed by atoms with Crippen molar-refractivity contribution in [2.75, 3.05) is 13.1 Å². The Morgan fingerprint density at radius 3 is 2.37 bits per heavy atom. The van der Waals surface area contributed by atoms with Gasteiger partial charge in [-0.1, -0.05) is 0 Å². The van der Waals surface area contributed by atoms with Crippen molar-refractivity contribution in [3.8, 4) is 6.07 Å². The SMILES string of the molecule is CC(C)(C)OC(=O)N1CCC(ON2C=CC(C(=O)c3ccc(C#N)cc3)=CN2)CC1. The van der Waals surface area contributed by atoms with E-state index in [1.165, 1.54) is 5.17 Å². The van der Waals surface area contributed by atoms with Crippen LogP contribution in [0, 0.1) is 11.3 Å². The molecule has 1 saturated heterocycles. The smallest absolute Gasteiger partial charge is 0.410 e. The predicted molar refractivity (Wildman–Crippen MR) is 110 cm³/mol. The Bertz CT molecular complexity index is 885. The minimum absolute atomic E-state index is 0.0509. The van der Waals surface area contributed by atoms with E-state index in [1.807, 2.05) is 26.8 Å². The number of nitrogens with zero attached hydrogens (tertiary/aromatic N) is 3. The number of ether oxygens (including phenoxy) is 1. The van der Waals surface area contributed by atoms with Crippen molar-refractivity contribution in [2.45, 2.75) is 45.3 Å². The summed E-state index contributed by atoms with van der Waals surface area (Å²) in [6.45, 7) is 6.68. The molecule has 30 heavy (non-hydrogen) atoms. The van der Waals surface area contributed by atoms with E-state index in [9.17, 15) is 9.59 Å². The molecule has 1 N–H and O–H groups in total. The molecule has 158 valence electrons. The number of nitrogens with one attached hydrogen (secondary N) is 1. The lowest BCUT2D eigenvalue weighted by atomic mass is 10.0. The van der Waals surface area contributed by atoms with Crippen LogP contribution in [0.25, 0.3) is 0 Å². The van der Waals surface area contributed by atoms with Crippen LogP contribution < -0.4 is 5.43 Å². The van der Waals surface area contributed by atoms with Gasteiger partial charge in [-0.15, -0.1) is 0 Å². The number of ketones is 1. The molecule has 0 aliphatic carbocycles. The Kier molecular flexibility index (Phi) is 6.43. The van der Waals surface area contributed by atoms with Crippen LogP contribution in [0.1, 0.15) is 49.5 Å². The second-order valence-corrected chi connectivity index (χ2v) is 8.16. The second kappa shape index (κ2) is 9.01. The Hall–Kier alpha value is -3.31. The number of likely N-dealkylation sites (tertiary alicyclic amines) is 1. The second-order valence-electron chi connectivity index (χ2n) is 8.16. The number of carbonyl (C=O) groups excluding carboxylic acids is 2. The molecule has 0 aromatic heterocycles. The van der Waals surface area contributed by atoms with Crippen LogP contribution in [0.4, 0.5) is 4.79 Å². The molecule has 2 heterocycles. The summed E-state index contributed by atoms with van der Waals surface area (Å²) in [7, 11) is 0. The summed E-state index contributed by atoms with van der Waals surface area (Å²) in [4.78, 5) is 32.3. The molecule has 0 atom stereocenters. The summed E-state index contributed by atoms with van der Waals surface area (Å²) in [6.07, 6.45) is 5.93. The third-order valence-electron chi connectivity index (χ3n) is 4.63. The number of allylic oxidation sites excluding steroid dienone is 2. The summed E-state index contributed by atoms with van der Waals surface area (Å²) in [5, 5.41) is 10.3. The maximum absolute atomic E-state index is 12.5. The average Bonchev–Trinajstić information content (AvgIpc) is 2.73. The quantitative estimate of drug-likeness (QED) is 0.761. The highest BCUT2D eigenvalue weighted by atomic mass is 16.7. The first kappa shape index (κ1) is 21.4. The van der Waals surface area contributed by atoms with E-state index < -0.39 is 5.60 Å². The monoisotopic (exact) mass is 410 g/mol. The first-order chi connectivity index (χ1) is 14.2. The van der Waals surface area contributed by atoms with Gasteiger partial charge in [0.25, 0.3) is 0 Å². The van der Waals surface area contributed by atoms with Gasteiger partial charge >= 0.3 is 6.09 Å². The number of Topliss-reactive ketones (excluding diaryl/α,β-unsaturated/α-hetero) is 1. The van der Waals surface area contributed by atoms with Gasteiger partial charge < -0.3 is 9.64 Å². The number of piperidine rings is 1. The number of nitriles is 1.